The first kappa shape index (κ1) is 18.5. The summed E-state index contributed by atoms with van der Waals surface area (Å²) in [6, 6.07) is 2.00. The van der Waals surface area contributed by atoms with Gasteiger partial charge in [0.2, 0.25) is 0 Å². The molecule has 1 atom stereocenters. The third-order valence-electron chi connectivity index (χ3n) is 4.67. The number of hydrogen-bond donors (Lipinski definition) is 2. The van der Waals surface area contributed by atoms with Crippen LogP contribution in [0.4, 0.5) is 0 Å². The van der Waals surface area contributed by atoms with E-state index in [2.05, 4.69) is 27.2 Å². The van der Waals surface area contributed by atoms with E-state index in [9.17, 15) is 5.11 Å². The maximum atomic E-state index is 10.5. The van der Waals surface area contributed by atoms with Crippen molar-refractivity contribution in [3.63, 3.8) is 0 Å². The summed E-state index contributed by atoms with van der Waals surface area (Å²) in [5, 5.41) is 18.0. The van der Waals surface area contributed by atoms with Gasteiger partial charge in [0.25, 0.3) is 0 Å². The van der Waals surface area contributed by atoms with Crippen LogP contribution in [0.25, 0.3) is 0 Å². The van der Waals surface area contributed by atoms with Crippen molar-refractivity contribution >= 4 is 17.7 Å². The molecule has 1 unspecified atom stereocenters. The predicted octanol–water partition coefficient (Wildman–Crippen LogP) is 0.934. The van der Waals surface area contributed by atoms with Crippen molar-refractivity contribution in [1.82, 2.24) is 20.3 Å². The van der Waals surface area contributed by atoms with E-state index in [0.717, 1.165) is 74.6 Å². The van der Waals surface area contributed by atoms with Gasteiger partial charge >= 0.3 is 0 Å². The van der Waals surface area contributed by atoms with E-state index < -0.39 is 5.60 Å². The Morgan fingerprint density at radius 2 is 2.24 bits per heavy atom. The highest BCUT2D eigenvalue weighted by Gasteiger charge is 2.32. The van der Waals surface area contributed by atoms with Gasteiger partial charge in [0.15, 0.2) is 5.96 Å². The van der Waals surface area contributed by atoms with Gasteiger partial charge in [0.1, 0.15) is 5.76 Å². The summed E-state index contributed by atoms with van der Waals surface area (Å²) in [5.74, 6) is 3.60. The van der Waals surface area contributed by atoms with Crippen LogP contribution in [0.3, 0.4) is 0 Å². The molecule has 1 aromatic heterocycles. The zero-order chi connectivity index (χ0) is 17.7. The van der Waals surface area contributed by atoms with E-state index in [0.29, 0.717) is 6.54 Å². The summed E-state index contributed by atoms with van der Waals surface area (Å²) >= 11 is 1.81. The van der Waals surface area contributed by atoms with E-state index >= 15 is 0 Å². The molecule has 0 amide bonds. The number of aliphatic hydroxyl groups is 1. The normalized spacial score (nSPS) is 25.6. The molecule has 3 heterocycles. The summed E-state index contributed by atoms with van der Waals surface area (Å²) in [7, 11) is 0. The highest BCUT2D eigenvalue weighted by Crippen LogP contribution is 2.28. The molecule has 3 rings (SSSR count). The zero-order valence-electron chi connectivity index (χ0n) is 15.2. The van der Waals surface area contributed by atoms with Crippen LogP contribution in [-0.4, -0.2) is 82.4 Å². The lowest BCUT2D eigenvalue weighted by atomic mass is 10.0. The van der Waals surface area contributed by atoms with Crippen LogP contribution in [0.5, 0.6) is 0 Å². The van der Waals surface area contributed by atoms with Crippen molar-refractivity contribution in [1.29, 1.82) is 0 Å². The van der Waals surface area contributed by atoms with Gasteiger partial charge in [0, 0.05) is 51.1 Å². The Morgan fingerprint density at radius 3 is 2.84 bits per heavy atom. The van der Waals surface area contributed by atoms with Gasteiger partial charge in [-0.3, -0.25) is 9.89 Å². The fraction of sp³-hybridized carbons (Fsp3) is 0.765. The maximum absolute atomic E-state index is 10.5. The molecule has 2 fully saturated rings. The second-order valence-electron chi connectivity index (χ2n) is 6.89. The van der Waals surface area contributed by atoms with Gasteiger partial charge in [-0.05, 0) is 26.0 Å². The Labute approximate surface area is 153 Å². The molecule has 0 saturated carbocycles. The van der Waals surface area contributed by atoms with Crippen LogP contribution >= 0.6 is 11.8 Å². The molecule has 8 heteroatoms. The number of nitrogens with one attached hydrogen (secondary N) is 1. The number of thioether (sulfide) groups is 1. The Hall–Kier alpha value is -1.25. The predicted molar refractivity (Wildman–Crippen MR) is 101 cm³/mol. The van der Waals surface area contributed by atoms with Crippen molar-refractivity contribution < 1.29 is 9.63 Å². The Kier molecular flexibility index (Phi) is 6.24. The van der Waals surface area contributed by atoms with Crippen molar-refractivity contribution in [3.8, 4) is 0 Å². The molecule has 1 aromatic rings. The number of piperazine rings is 1. The minimum atomic E-state index is -0.627. The van der Waals surface area contributed by atoms with Crippen molar-refractivity contribution in [2.45, 2.75) is 32.4 Å². The topological polar surface area (TPSA) is 77.1 Å². The molecule has 2 N–H and O–H groups in total. The molecule has 25 heavy (non-hydrogen) atoms. The van der Waals surface area contributed by atoms with Gasteiger partial charge in [-0.15, -0.1) is 0 Å². The molecular formula is C17H29N5O2S. The Morgan fingerprint density at radius 1 is 1.44 bits per heavy atom. The van der Waals surface area contributed by atoms with Crippen molar-refractivity contribution in [3.05, 3.63) is 17.5 Å². The fourth-order valence-corrected chi connectivity index (χ4v) is 4.49. The van der Waals surface area contributed by atoms with E-state index in [1.165, 1.54) is 0 Å². The first-order valence-corrected chi connectivity index (χ1v) is 10.2. The van der Waals surface area contributed by atoms with Crippen LogP contribution in [0.15, 0.2) is 15.6 Å². The van der Waals surface area contributed by atoms with E-state index in [4.69, 9.17) is 9.52 Å². The first-order valence-electron chi connectivity index (χ1n) is 9.06. The maximum Gasteiger partial charge on any atom is 0.194 e. The largest absolute Gasteiger partial charge is 0.387 e. The number of aryl methyl sites for hydroxylation is 1. The second kappa shape index (κ2) is 8.42. The number of guanidine groups is 1. The summed E-state index contributed by atoms with van der Waals surface area (Å²) < 4.78 is 5.15. The third kappa shape index (κ3) is 5.12. The average Bonchev–Trinajstić information content (AvgIpc) is 3.21. The third-order valence-corrected chi connectivity index (χ3v) is 5.91. The molecule has 0 aliphatic carbocycles. The summed E-state index contributed by atoms with van der Waals surface area (Å²) in [4.78, 5) is 9.40. The molecule has 7 nitrogen and oxygen atoms in total. The van der Waals surface area contributed by atoms with Gasteiger partial charge in [0.05, 0.1) is 17.8 Å². The summed E-state index contributed by atoms with van der Waals surface area (Å²) in [6.45, 7) is 9.95. The zero-order valence-corrected chi connectivity index (χ0v) is 16.0. The molecule has 0 bridgehead atoms. The number of nitrogens with zero attached hydrogens (tertiary/aromatic N) is 4. The minimum absolute atomic E-state index is 0.487. The van der Waals surface area contributed by atoms with Crippen LogP contribution in [0.1, 0.15) is 24.8 Å². The Balaban J connectivity index is 1.53. The minimum Gasteiger partial charge on any atom is -0.387 e. The summed E-state index contributed by atoms with van der Waals surface area (Å²) in [6.07, 6.45) is 0.839. The van der Waals surface area contributed by atoms with E-state index in [-0.39, 0.29) is 0 Å². The van der Waals surface area contributed by atoms with E-state index in [1.54, 1.807) is 0 Å². The smallest absolute Gasteiger partial charge is 0.194 e. The highest BCUT2D eigenvalue weighted by atomic mass is 32.2. The second-order valence-corrected chi connectivity index (χ2v) is 7.99. The average molecular weight is 368 g/mol. The summed E-state index contributed by atoms with van der Waals surface area (Å²) in [5.41, 5.74) is 0.366. The molecule has 2 aliphatic heterocycles. The number of rotatable bonds is 5. The standard InChI is InChI=1S/C17H29N5O2S/c1-3-18-16(19-12-17(23)4-9-25-13-17)22-7-5-21(6-8-22)11-15-10-14(2)24-20-15/h10,23H,3-9,11-13H2,1-2H3,(H,18,19). The number of aliphatic imine (C=N–C) groups is 1. The van der Waals surface area contributed by atoms with Crippen molar-refractivity contribution in [2.24, 2.45) is 4.99 Å². The highest BCUT2D eigenvalue weighted by molar-refractivity contribution is 7.99. The quantitative estimate of drug-likeness (QED) is 0.592. The number of hydrogen-bond acceptors (Lipinski definition) is 6. The monoisotopic (exact) mass is 367 g/mol. The first-order chi connectivity index (χ1) is 12.1. The van der Waals surface area contributed by atoms with E-state index in [1.807, 2.05) is 24.8 Å². The molecule has 2 aliphatic rings. The van der Waals surface area contributed by atoms with Gasteiger partial charge in [-0.2, -0.15) is 11.8 Å². The molecule has 0 spiro atoms. The SMILES string of the molecule is CCNC(=NCC1(O)CCSC1)N1CCN(Cc2cc(C)on2)CC1. The van der Waals surface area contributed by atoms with Crippen LogP contribution < -0.4 is 5.32 Å². The molecular weight excluding hydrogens is 338 g/mol. The van der Waals surface area contributed by atoms with Crippen LogP contribution in [-0.2, 0) is 6.54 Å². The molecule has 0 radical (unpaired) electrons. The lowest BCUT2D eigenvalue weighted by Crippen LogP contribution is -2.52. The van der Waals surface area contributed by atoms with Crippen LogP contribution in [0, 0.1) is 6.92 Å². The Bertz CT molecular complexity index is 577. The number of aromatic nitrogens is 1. The molecule has 2 saturated heterocycles. The lowest BCUT2D eigenvalue weighted by molar-refractivity contribution is 0.0773. The van der Waals surface area contributed by atoms with Gasteiger partial charge in [-0.1, -0.05) is 5.16 Å². The molecule has 140 valence electrons. The lowest BCUT2D eigenvalue weighted by Gasteiger charge is -2.36. The van der Waals surface area contributed by atoms with Gasteiger partial charge < -0.3 is 19.8 Å². The van der Waals surface area contributed by atoms with Crippen LogP contribution in [0.2, 0.25) is 0 Å². The van der Waals surface area contributed by atoms with Gasteiger partial charge in [-0.25, -0.2) is 0 Å². The molecule has 0 aromatic carbocycles. The van der Waals surface area contributed by atoms with Crippen molar-refractivity contribution in [2.75, 3.05) is 50.8 Å². The fourth-order valence-electron chi connectivity index (χ4n) is 3.21.